The molecule has 0 radical (unpaired) electrons. The van der Waals surface area contributed by atoms with E-state index in [1.54, 1.807) is 6.08 Å². The van der Waals surface area contributed by atoms with Gasteiger partial charge in [-0.1, -0.05) is 247 Å². The molecule has 0 aromatic heterocycles. The van der Waals surface area contributed by atoms with E-state index >= 15 is 0 Å². The number of aliphatic hydroxyl groups is 2. The first kappa shape index (κ1) is 56.8. The van der Waals surface area contributed by atoms with Crippen LogP contribution < -0.4 is 5.32 Å². The van der Waals surface area contributed by atoms with Crippen LogP contribution in [0, 0.1) is 0 Å². The predicted molar refractivity (Wildman–Crippen MR) is 262 cm³/mol. The van der Waals surface area contributed by atoms with Crippen molar-refractivity contribution in [1.29, 1.82) is 0 Å². The molecular weight excluding hydrogens is 723 g/mol. The zero-order valence-electron chi connectivity index (χ0n) is 39.3. The van der Waals surface area contributed by atoms with Gasteiger partial charge in [0, 0.05) is 6.42 Å². The Kier molecular flexibility index (Phi) is 48.3. The van der Waals surface area contributed by atoms with Crippen molar-refractivity contribution < 1.29 is 15.0 Å². The molecule has 2 atom stereocenters. The van der Waals surface area contributed by atoms with Crippen LogP contribution in [0.15, 0.2) is 72.9 Å². The molecule has 59 heavy (non-hydrogen) atoms. The van der Waals surface area contributed by atoms with E-state index in [0.29, 0.717) is 6.42 Å². The Balaban J connectivity index is 3.56. The van der Waals surface area contributed by atoms with Gasteiger partial charge < -0.3 is 15.5 Å². The number of aliphatic hydroxyl groups excluding tert-OH is 2. The summed E-state index contributed by atoms with van der Waals surface area (Å²) in [6, 6.07) is -0.656. The van der Waals surface area contributed by atoms with E-state index in [9.17, 15) is 15.0 Å². The fraction of sp³-hybridized carbons (Fsp3) is 0.764. The lowest BCUT2D eigenvalue weighted by Gasteiger charge is -2.19. The maximum Gasteiger partial charge on any atom is 0.220 e. The number of carbonyl (C=O) groups excluding carboxylic acids is 1. The smallest absolute Gasteiger partial charge is 0.220 e. The molecule has 2 unspecified atom stereocenters. The Morgan fingerprint density at radius 1 is 0.424 bits per heavy atom. The summed E-state index contributed by atoms with van der Waals surface area (Å²) in [5, 5.41) is 23.0. The summed E-state index contributed by atoms with van der Waals surface area (Å²) < 4.78 is 0. The minimum absolute atomic E-state index is 0.0980. The number of carbonyl (C=O) groups is 1. The second kappa shape index (κ2) is 50.2. The number of amides is 1. The van der Waals surface area contributed by atoms with Crippen molar-refractivity contribution in [1.82, 2.24) is 5.32 Å². The van der Waals surface area contributed by atoms with Crippen LogP contribution in [-0.2, 0) is 4.79 Å². The molecule has 0 heterocycles. The average molecular weight is 822 g/mol. The highest BCUT2D eigenvalue weighted by atomic mass is 16.3. The van der Waals surface area contributed by atoms with Gasteiger partial charge in [0.15, 0.2) is 0 Å². The van der Waals surface area contributed by atoms with Gasteiger partial charge in [0.05, 0.1) is 18.8 Å². The summed E-state index contributed by atoms with van der Waals surface area (Å²) in [7, 11) is 0. The van der Waals surface area contributed by atoms with Crippen molar-refractivity contribution >= 4 is 5.91 Å². The molecular formula is C55H99NO3. The number of allylic oxidation sites excluding steroid dienone is 11. The van der Waals surface area contributed by atoms with E-state index in [-0.39, 0.29) is 12.5 Å². The first-order chi connectivity index (χ1) is 29.2. The standard InChI is InChI=1S/C55H99NO3/c1-3-5-7-9-11-13-15-17-19-21-22-23-24-25-26-27-28-29-30-31-32-33-35-36-38-40-42-44-46-48-50-54(58)53(52-57)56-55(59)51-49-47-45-43-41-39-37-34-20-18-16-14-12-10-8-6-4-2/h6,8,12,14,18,20,37,39-40,42,48,50,53-54,57-58H,3-5,7,9-11,13,15-17,19,21-36,38,41,43-47,49,51-52H2,1-2H3,(H,56,59)/b8-6-,14-12-,20-18-,39-37-,42-40+,50-48+. The highest BCUT2D eigenvalue weighted by Crippen LogP contribution is 2.16. The number of hydrogen-bond donors (Lipinski definition) is 3. The van der Waals surface area contributed by atoms with Gasteiger partial charge in [0.2, 0.25) is 5.91 Å². The van der Waals surface area contributed by atoms with Crippen LogP contribution in [0.2, 0.25) is 0 Å². The molecule has 0 saturated carbocycles. The maximum absolute atomic E-state index is 12.4. The molecule has 0 bridgehead atoms. The second-order valence-corrected chi connectivity index (χ2v) is 17.2. The molecule has 1 amide bonds. The van der Waals surface area contributed by atoms with Crippen molar-refractivity contribution in [2.75, 3.05) is 6.61 Å². The summed E-state index contributed by atoms with van der Waals surface area (Å²) in [4.78, 5) is 12.4. The molecule has 3 N–H and O–H groups in total. The molecule has 4 nitrogen and oxygen atoms in total. The van der Waals surface area contributed by atoms with Crippen LogP contribution in [0.5, 0.6) is 0 Å². The maximum atomic E-state index is 12.4. The van der Waals surface area contributed by atoms with Crippen LogP contribution in [0.3, 0.4) is 0 Å². The van der Waals surface area contributed by atoms with Gasteiger partial charge in [-0.2, -0.15) is 0 Å². The van der Waals surface area contributed by atoms with Gasteiger partial charge in [0.1, 0.15) is 0 Å². The van der Waals surface area contributed by atoms with Crippen LogP contribution in [-0.4, -0.2) is 34.9 Å². The van der Waals surface area contributed by atoms with Gasteiger partial charge in [-0.25, -0.2) is 0 Å². The molecule has 0 aliphatic heterocycles. The van der Waals surface area contributed by atoms with Crippen molar-refractivity contribution in [3.05, 3.63) is 72.9 Å². The fourth-order valence-electron chi connectivity index (χ4n) is 7.54. The lowest BCUT2D eigenvalue weighted by Crippen LogP contribution is -2.45. The molecule has 4 heteroatoms. The van der Waals surface area contributed by atoms with E-state index in [1.807, 2.05) is 6.08 Å². The molecule has 0 aliphatic rings. The highest BCUT2D eigenvalue weighted by molar-refractivity contribution is 5.76. The minimum Gasteiger partial charge on any atom is -0.394 e. The van der Waals surface area contributed by atoms with Crippen LogP contribution in [0.25, 0.3) is 0 Å². The van der Waals surface area contributed by atoms with Crippen LogP contribution in [0.1, 0.15) is 251 Å². The summed E-state index contributed by atoms with van der Waals surface area (Å²) in [6.07, 6.45) is 72.0. The summed E-state index contributed by atoms with van der Waals surface area (Å²) in [6.45, 7) is 4.18. The van der Waals surface area contributed by atoms with E-state index in [4.69, 9.17) is 0 Å². The van der Waals surface area contributed by atoms with E-state index < -0.39 is 12.1 Å². The first-order valence-electron chi connectivity index (χ1n) is 25.7. The van der Waals surface area contributed by atoms with Gasteiger partial charge >= 0.3 is 0 Å². The Hall–Kier alpha value is -2.17. The van der Waals surface area contributed by atoms with Gasteiger partial charge in [-0.3, -0.25) is 4.79 Å². The Labute approximate surface area is 368 Å². The van der Waals surface area contributed by atoms with Gasteiger partial charge in [-0.05, 0) is 70.6 Å². The van der Waals surface area contributed by atoms with Gasteiger partial charge in [-0.15, -0.1) is 0 Å². The minimum atomic E-state index is -0.877. The number of unbranched alkanes of at least 4 members (excludes halogenated alkanes) is 29. The Morgan fingerprint density at radius 2 is 0.763 bits per heavy atom. The molecule has 0 fully saturated rings. The number of nitrogens with one attached hydrogen (secondary N) is 1. The summed E-state index contributed by atoms with van der Waals surface area (Å²) >= 11 is 0. The molecule has 0 aromatic rings. The highest BCUT2D eigenvalue weighted by Gasteiger charge is 2.17. The molecule has 0 spiro atoms. The van der Waals surface area contributed by atoms with E-state index in [2.05, 4.69) is 79.9 Å². The Morgan fingerprint density at radius 3 is 1.19 bits per heavy atom. The third kappa shape index (κ3) is 46.7. The van der Waals surface area contributed by atoms with E-state index in [0.717, 1.165) is 77.0 Å². The topological polar surface area (TPSA) is 69.6 Å². The van der Waals surface area contributed by atoms with Gasteiger partial charge in [0.25, 0.3) is 0 Å². The lowest BCUT2D eigenvalue weighted by molar-refractivity contribution is -0.123. The third-order valence-electron chi connectivity index (χ3n) is 11.4. The molecule has 0 saturated heterocycles. The third-order valence-corrected chi connectivity index (χ3v) is 11.4. The summed E-state index contributed by atoms with van der Waals surface area (Å²) in [5.74, 6) is -0.0980. The zero-order chi connectivity index (χ0) is 42.8. The van der Waals surface area contributed by atoms with Crippen molar-refractivity contribution in [3.63, 3.8) is 0 Å². The predicted octanol–water partition coefficient (Wildman–Crippen LogP) is 16.6. The number of hydrogen-bond acceptors (Lipinski definition) is 3. The molecule has 0 rings (SSSR count). The Bertz CT molecular complexity index is 1020. The summed E-state index contributed by atoms with van der Waals surface area (Å²) in [5.41, 5.74) is 0. The fourth-order valence-corrected chi connectivity index (χ4v) is 7.54. The van der Waals surface area contributed by atoms with Crippen molar-refractivity contribution in [2.24, 2.45) is 0 Å². The van der Waals surface area contributed by atoms with Crippen molar-refractivity contribution in [2.45, 2.75) is 264 Å². The quantitative estimate of drug-likeness (QED) is 0.0423. The van der Waals surface area contributed by atoms with Crippen LogP contribution in [0.4, 0.5) is 0 Å². The first-order valence-corrected chi connectivity index (χ1v) is 25.7. The lowest BCUT2D eigenvalue weighted by atomic mass is 10.0. The average Bonchev–Trinajstić information content (AvgIpc) is 3.24. The largest absolute Gasteiger partial charge is 0.394 e. The van der Waals surface area contributed by atoms with Crippen molar-refractivity contribution in [3.8, 4) is 0 Å². The second-order valence-electron chi connectivity index (χ2n) is 17.2. The monoisotopic (exact) mass is 822 g/mol. The molecule has 0 aromatic carbocycles. The zero-order valence-corrected chi connectivity index (χ0v) is 39.3. The van der Waals surface area contributed by atoms with Crippen LogP contribution >= 0.6 is 0 Å². The SMILES string of the molecule is CC/C=C\C/C=C\C/C=C\C/C=C\CCCCCCC(=O)NC(CO)C(O)/C=C/CC/C=C/CCCCCCCCCCCCCCCCCCCCCCCCCC. The molecule has 0 aliphatic carbocycles. The van der Waals surface area contributed by atoms with E-state index in [1.165, 1.54) is 154 Å². The number of rotatable bonds is 46. The molecule has 342 valence electrons. The normalized spacial score (nSPS) is 13.5.